The van der Waals surface area contributed by atoms with Crippen LogP contribution in [0.25, 0.3) is 11.5 Å². The quantitative estimate of drug-likeness (QED) is 0.528. The molecule has 1 aromatic heterocycles. The Morgan fingerprint density at radius 2 is 1.97 bits per heavy atom. The Hall–Kier alpha value is -2.51. The van der Waals surface area contributed by atoms with E-state index in [4.69, 9.17) is 9.40 Å². The van der Waals surface area contributed by atoms with Crippen molar-refractivity contribution >= 4 is 21.8 Å². The molecule has 7 heteroatoms. The van der Waals surface area contributed by atoms with Crippen LogP contribution in [0.4, 0.5) is 4.39 Å². The molecule has 1 saturated heterocycles. The van der Waals surface area contributed by atoms with E-state index in [0.29, 0.717) is 19.0 Å². The van der Waals surface area contributed by atoms with Crippen LogP contribution in [0.1, 0.15) is 29.9 Å². The van der Waals surface area contributed by atoms with Gasteiger partial charge in [0.1, 0.15) is 11.6 Å². The molecule has 3 aromatic rings. The standard InChI is InChI=1S/C24H25BrFN3O2/c1-16-22(28-24(31-16)19-3-2-4-20(25)13-19)15-29-11-9-18(10-12-29)23(30)27-14-17-5-7-21(26)8-6-17/h2-8,13,18H,9-12,14-15H2,1H3,(H,27,30). The maximum atomic E-state index is 13.0. The molecule has 0 unspecified atom stereocenters. The van der Waals surface area contributed by atoms with Crippen LogP contribution < -0.4 is 5.32 Å². The van der Waals surface area contributed by atoms with Crippen LogP contribution in [0.3, 0.4) is 0 Å². The minimum atomic E-state index is -0.270. The monoisotopic (exact) mass is 485 g/mol. The van der Waals surface area contributed by atoms with Crippen molar-refractivity contribution in [2.75, 3.05) is 13.1 Å². The number of aromatic nitrogens is 1. The van der Waals surface area contributed by atoms with Gasteiger partial charge in [-0.1, -0.05) is 34.1 Å². The second-order valence-corrected chi connectivity index (χ2v) is 8.84. The molecular formula is C24H25BrFN3O2. The van der Waals surface area contributed by atoms with Gasteiger partial charge in [0.15, 0.2) is 0 Å². The molecule has 162 valence electrons. The highest BCUT2D eigenvalue weighted by molar-refractivity contribution is 9.10. The minimum Gasteiger partial charge on any atom is -0.441 e. The van der Waals surface area contributed by atoms with Gasteiger partial charge in [-0.2, -0.15) is 0 Å². The minimum absolute atomic E-state index is 0.00679. The van der Waals surface area contributed by atoms with E-state index >= 15 is 0 Å². The lowest BCUT2D eigenvalue weighted by atomic mass is 9.95. The molecular weight excluding hydrogens is 461 g/mol. The van der Waals surface area contributed by atoms with Gasteiger partial charge in [-0.25, -0.2) is 9.37 Å². The van der Waals surface area contributed by atoms with Crippen LogP contribution in [0.2, 0.25) is 0 Å². The number of nitrogens with one attached hydrogen (secondary N) is 1. The summed E-state index contributed by atoms with van der Waals surface area (Å²) in [4.78, 5) is 19.5. The molecule has 1 aliphatic rings. The predicted octanol–water partition coefficient (Wildman–Crippen LogP) is 5.08. The number of carbonyl (C=O) groups is 1. The number of halogens is 2. The Kier molecular flexibility index (Phi) is 6.83. The number of benzene rings is 2. The van der Waals surface area contributed by atoms with Crippen molar-refractivity contribution in [3.8, 4) is 11.5 Å². The average Bonchev–Trinajstić information content (AvgIpc) is 3.14. The van der Waals surface area contributed by atoms with Crippen LogP contribution in [0.5, 0.6) is 0 Å². The summed E-state index contributed by atoms with van der Waals surface area (Å²) in [6.45, 7) is 4.77. The predicted molar refractivity (Wildman–Crippen MR) is 121 cm³/mol. The fraction of sp³-hybridized carbons (Fsp3) is 0.333. The topological polar surface area (TPSA) is 58.4 Å². The lowest BCUT2D eigenvalue weighted by Crippen LogP contribution is -2.40. The zero-order valence-corrected chi connectivity index (χ0v) is 19.0. The number of likely N-dealkylation sites (tertiary alicyclic amines) is 1. The number of aryl methyl sites for hydroxylation is 1. The first-order chi connectivity index (χ1) is 15.0. The third-order valence-electron chi connectivity index (χ3n) is 5.68. The number of oxazole rings is 1. The molecule has 1 fully saturated rings. The summed E-state index contributed by atoms with van der Waals surface area (Å²) in [7, 11) is 0. The van der Waals surface area contributed by atoms with Crippen molar-refractivity contribution in [1.29, 1.82) is 0 Å². The molecule has 0 bridgehead atoms. The van der Waals surface area contributed by atoms with Gasteiger partial charge in [-0.3, -0.25) is 9.69 Å². The highest BCUT2D eigenvalue weighted by Crippen LogP contribution is 2.26. The van der Waals surface area contributed by atoms with Gasteiger partial charge in [0.25, 0.3) is 0 Å². The molecule has 31 heavy (non-hydrogen) atoms. The first-order valence-corrected chi connectivity index (χ1v) is 11.2. The van der Waals surface area contributed by atoms with Crippen molar-refractivity contribution < 1.29 is 13.6 Å². The number of hydrogen-bond acceptors (Lipinski definition) is 4. The summed E-state index contributed by atoms with van der Waals surface area (Å²) in [5.41, 5.74) is 2.78. The molecule has 5 nitrogen and oxygen atoms in total. The molecule has 2 heterocycles. The Balaban J connectivity index is 1.28. The van der Waals surface area contributed by atoms with Gasteiger partial charge in [0.2, 0.25) is 11.8 Å². The van der Waals surface area contributed by atoms with E-state index in [2.05, 4.69) is 26.1 Å². The van der Waals surface area contributed by atoms with E-state index in [-0.39, 0.29) is 17.6 Å². The SMILES string of the molecule is Cc1oc(-c2cccc(Br)c2)nc1CN1CCC(C(=O)NCc2ccc(F)cc2)CC1. The van der Waals surface area contributed by atoms with Gasteiger partial charge in [0, 0.05) is 29.0 Å². The molecule has 0 aliphatic carbocycles. The number of piperidine rings is 1. The molecule has 0 spiro atoms. The highest BCUT2D eigenvalue weighted by atomic mass is 79.9. The Labute approximate surface area is 189 Å². The molecule has 1 aliphatic heterocycles. The van der Waals surface area contributed by atoms with E-state index in [0.717, 1.165) is 53.0 Å². The highest BCUT2D eigenvalue weighted by Gasteiger charge is 2.26. The summed E-state index contributed by atoms with van der Waals surface area (Å²) in [6.07, 6.45) is 1.62. The van der Waals surface area contributed by atoms with E-state index < -0.39 is 0 Å². The lowest BCUT2D eigenvalue weighted by molar-refractivity contribution is -0.126. The van der Waals surface area contributed by atoms with Crippen LogP contribution in [0, 0.1) is 18.7 Å². The number of carbonyl (C=O) groups excluding carboxylic acids is 1. The Bertz CT molecular complexity index is 1040. The normalized spacial score (nSPS) is 15.2. The summed E-state index contributed by atoms with van der Waals surface area (Å²) in [5.74, 6) is 1.26. The van der Waals surface area contributed by atoms with Gasteiger partial charge in [0.05, 0.1) is 5.69 Å². The Morgan fingerprint density at radius 1 is 1.23 bits per heavy atom. The zero-order chi connectivity index (χ0) is 21.8. The summed E-state index contributed by atoms with van der Waals surface area (Å²) in [6, 6.07) is 14.1. The van der Waals surface area contributed by atoms with Gasteiger partial charge in [-0.15, -0.1) is 0 Å². The Morgan fingerprint density at radius 3 is 2.68 bits per heavy atom. The van der Waals surface area contributed by atoms with Crippen LogP contribution >= 0.6 is 15.9 Å². The van der Waals surface area contributed by atoms with E-state index in [1.54, 1.807) is 12.1 Å². The molecule has 0 radical (unpaired) electrons. The smallest absolute Gasteiger partial charge is 0.226 e. The summed E-state index contributed by atoms with van der Waals surface area (Å²) < 4.78 is 19.9. The van der Waals surface area contributed by atoms with Crippen molar-refractivity contribution in [3.63, 3.8) is 0 Å². The number of rotatable bonds is 6. The molecule has 0 atom stereocenters. The van der Waals surface area contributed by atoms with E-state index in [1.165, 1.54) is 12.1 Å². The molecule has 4 rings (SSSR count). The molecule has 2 aromatic carbocycles. The molecule has 1 amide bonds. The fourth-order valence-corrected chi connectivity index (χ4v) is 4.22. The summed E-state index contributed by atoms with van der Waals surface area (Å²) in [5, 5.41) is 2.98. The largest absolute Gasteiger partial charge is 0.441 e. The maximum Gasteiger partial charge on any atom is 0.226 e. The first kappa shape index (κ1) is 21.7. The van der Waals surface area contributed by atoms with E-state index in [1.807, 2.05) is 31.2 Å². The van der Waals surface area contributed by atoms with Crippen molar-refractivity contribution in [1.82, 2.24) is 15.2 Å². The van der Waals surface area contributed by atoms with Gasteiger partial charge >= 0.3 is 0 Å². The number of nitrogens with zero attached hydrogens (tertiary/aromatic N) is 2. The van der Waals surface area contributed by atoms with Crippen LogP contribution in [0.15, 0.2) is 57.4 Å². The fourth-order valence-electron chi connectivity index (χ4n) is 3.82. The lowest BCUT2D eigenvalue weighted by Gasteiger charge is -2.30. The van der Waals surface area contributed by atoms with Crippen LogP contribution in [-0.4, -0.2) is 28.9 Å². The second kappa shape index (κ2) is 9.75. The molecule has 1 N–H and O–H groups in total. The summed E-state index contributed by atoms with van der Waals surface area (Å²) >= 11 is 3.48. The van der Waals surface area contributed by atoms with Gasteiger partial charge < -0.3 is 9.73 Å². The number of hydrogen-bond donors (Lipinski definition) is 1. The third-order valence-corrected chi connectivity index (χ3v) is 6.17. The number of amides is 1. The van der Waals surface area contributed by atoms with Crippen molar-refractivity contribution in [2.45, 2.75) is 32.9 Å². The first-order valence-electron chi connectivity index (χ1n) is 10.4. The maximum absolute atomic E-state index is 13.0. The zero-order valence-electron chi connectivity index (χ0n) is 17.4. The van der Waals surface area contributed by atoms with Crippen LogP contribution in [-0.2, 0) is 17.9 Å². The van der Waals surface area contributed by atoms with Crippen molar-refractivity contribution in [3.05, 3.63) is 75.8 Å². The van der Waals surface area contributed by atoms with E-state index in [9.17, 15) is 9.18 Å². The third kappa shape index (κ3) is 5.60. The average molecular weight is 486 g/mol. The second-order valence-electron chi connectivity index (χ2n) is 7.93. The molecule has 0 saturated carbocycles. The van der Waals surface area contributed by atoms with Gasteiger partial charge in [-0.05, 0) is 68.8 Å². The van der Waals surface area contributed by atoms with Crippen molar-refractivity contribution in [2.24, 2.45) is 5.92 Å².